The van der Waals surface area contributed by atoms with Crippen molar-refractivity contribution in [3.63, 3.8) is 0 Å². The molecule has 1 rings (SSSR count). The van der Waals surface area contributed by atoms with Crippen molar-refractivity contribution in [2.24, 2.45) is 0 Å². The number of rotatable bonds is 1. The van der Waals surface area contributed by atoms with E-state index in [-0.39, 0.29) is 0 Å². The first-order valence-electron chi connectivity index (χ1n) is 2.65. The van der Waals surface area contributed by atoms with Crippen LogP contribution in [0.25, 0.3) is 6.08 Å². The van der Waals surface area contributed by atoms with Crippen LogP contribution in [0.5, 0.6) is 0 Å². The van der Waals surface area contributed by atoms with E-state index in [1.165, 1.54) is 0 Å². The Morgan fingerprint density at radius 2 is 2.33 bits per heavy atom. The second-order valence-electron chi connectivity index (χ2n) is 1.57. The topological polar surface area (TPSA) is 12.9 Å². The average molecular weight is 137 g/mol. The van der Waals surface area contributed by atoms with Crippen LogP contribution in [0.3, 0.4) is 0 Å². The molecule has 0 aliphatic carbocycles. The predicted octanol–water partition coefficient (Wildman–Crippen LogP) is 1.98. The summed E-state index contributed by atoms with van der Waals surface area (Å²) in [7, 11) is 0. The van der Waals surface area contributed by atoms with Gasteiger partial charge in [-0.25, -0.2) is 0 Å². The first kappa shape index (κ1) is 6.36. The third-order valence-electron chi connectivity index (χ3n) is 0.933. The van der Waals surface area contributed by atoms with Crippen LogP contribution in [-0.2, 0) is 0 Å². The van der Waals surface area contributed by atoms with E-state index < -0.39 is 0 Å². The molecule has 0 N–H and O–H groups in total. The molecule has 0 unspecified atom stereocenters. The van der Waals surface area contributed by atoms with Crippen molar-refractivity contribution in [2.45, 2.75) is 0 Å². The highest BCUT2D eigenvalue weighted by molar-refractivity contribution is 7.83. The van der Waals surface area contributed by atoms with Crippen LogP contribution in [0.1, 0.15) is 5.69 Å². The molecule has 1 aromatic rings. The smallest absolute Gasteiger partial charge is 0.0634 e. The maximum atomic E-state index is 4.03. The highest BCUT2D eigenvalue weighted by Gasteiger charge is 1.79. The fourth-order valence-corrected chi connectivity index (χ4v) is 0.704. The van der Waals surface area contributed by atoms with Crippen LogP contribution in [0.15, 0.2) is 29.8 Å². The number of hydrogen-bond donors (Lipinski definition) is 1. The standard InChI is InChI=1S/C7H7NS/c9-6-4-7-3-1-2-5-8-7/h1-6,9H. The number of nitrogens with zero attached hydrogens (tertiary/aromatic N) is 1. The summed E-state index contributed by atoms with van der Waals surface area (Å²) in [5.74, 6) is 0. The quantitative estimate of drug-likeness (QED) is 0.584. The van der Waals surface area contributed by atoms with Crippen molar-refractivity contribution in [3.8, 4) is 0 Å². The molecule has 0 atom stereocenters. The van der Waals surface area contributed by atoms with E-state index in [9.17, 15) is 0 Å². The van der Waals surface area contributed by atoms with Gasteiger partial charge in [-0.3, -0.25) is 4.98 Å². The number of pyridine rings is 1. The fourth-order valence-electron chi connectivity index (χ4n) is 0.551. The van der Waals surface area contributed by atoms with Crippen molar-refractivity contribution in [1.29, 1.82) is 0 Å². The zero-order valence-electron chi connectivity index (χ0n) is 4.86. The van der Waals surface area contributed by atoms with Crippen molar-refractivity contribution < 1.29 is 0 Å². The first-order valence-corrected chi connectivity index (χ1v) is 3.17. The summed E-state index contributed by atoms with van der Waals surface area (Å²) in [5.41, 5.74) is 0.938. The summed E-state index contributed by atoms with van der Waals surface area (Å²) in [6, 6.07) is 5.75. The molecule has 0 aliphatic rings. The Balaban J connectivity index is 2.85. The predicted molar refractivity (Wildman–Crippen MR) is 42.3 cm³/mol. The molecule has 2 heteroatoms. The van der Waals surface area contributed by atoms with E-state index in [1.807, 2.05) is 24.3 Å². The van der Waals surface area contributed by atoms with Gasteiger partial charge in [-0.1, -0.05) is 6.07 Å². The highest BCUT2D eigenvalue weighted by atomic mass is 32.1. The summed E-state index contributed by atoms with van der Waals surface area (Å²) < 4.78 is 0. The van der Waals surface area contributed by atoms with Gasteiger partial charge in [0.2, 0.25) is 0 Å². The maximum absolute atomic E-state index is 4.03. The van der Waals surface area contributed by atoms with Gasteiger partial charge in [-0.2, -0.15) is 12.6 Å². The van der Waals surface area contributed by atoms with Crippen LogP contribution in [0, 0.1) is 0 Å². The Morgan fingerprint density at radius 1 is 1.44 bits per heavy atom. The maximum Gasteiger partial charge on any atom is 0.0634 e. The molecular formula is C7H7NS. The van der Waals surface area contributed by atoms with Crippen molar-refractivity contribution in [2.75, 3.05) is 0 Å². The van der Waals surface area contributed by atoms with E-state index in [0.717, 1.165) is 5.69 Å². The van der Waals surface area contributed by atoms with Gasteiger partial charge < -0.3 is 0 Å². The van der Waals surface area contributed by atoms with Crippen molar-refractivity contribution >= 4 is 18.7 Å². The van der Waals surface area contributed by atoms with Gasteiger partial charge in [-0.05, 0) is 23.6 Å². The molecular weight excluding hydrogens is 130 g/mol. The van der Waals surface area contributed by atoms with E-state index >= 15 is 0 Å². The van der Waals surface area contributed by atoms with Crippen molar-refractivity contribution in [1.82, 2.24) is 4.98 Å². The van der Waals surface area contributed by atoms with Gasteiger partial charge in [0, 0.05) is 6.20 Å². The van der Waals surface area contributed by atoms with Gasteiger partial charge in [-0.15, -0.1) is 0 Å². The van der Waals surface area contributed by atoms with E-state index in [1.54, 1.807) is 11.6 Å². The lowest BCUT2D eigenvalue weighted by Gasteiger charge is -1.85. The summed E-state index contributed by atoms with van der Waals surface area (Å²) in [4.78, 5) is 4.03. The highest BCUT2D eigenvalue weighted by Crippen LogP contribution is 1.95. The lowest BCUT2D eigenvalue weighted by molar-refractivity contribution is 1.30. The third-order valence-corrected chi connectivity index (χ3v) is 1.08. The van der Waals surface area contributed by atoms with Gasteiger partial charge in [0.1, 0.15) is 0 Å². The largest absolute Gasteiger partial charge is 0.257 e. The molecule has 0 aromatic carbocycles. The minimum absolute atomic E-state index is 0.938. The second-order valence-corrected chi connectivity index (χ2v) is 1.87. The molecule has 46 valence electrons. The minimum atomic E-state index is 0.938. The summed E-state index contributed by atoms with van der Waals surface area (Å²) in [5, 5.41) is 1.67. The number of thiol groups is 1. The van der Waals surface area contributed by atoms with E-state index in [4.69, 9.17) is 0 Å². The lowest BCUT2D eigenvalue weighted by Crippen LogP contribution is -1.74. The van der Waals surface area contributed by atoms with Gasteiger partial charge in [0.25, 0.3) is 0 Å². The third kappa shape index (κ3) is 1.90. The number of hydrogen-bond acceptors (Lipinski definition) is 2. The molecule has 0 saturated heterocycles. The molecule has 0 saturated carbocycles. The van der Waals surface area contributed by atoms with E-state index in [0.29, 0.717) is 0 Å². The molecule has 0 radical (unpaired) electrons. The number of aromatic nitrogens is 1. The molecule has 0 bridgehead atoms. The molecule has 0 fully saturated rings. The summed E-state index contributed by atoms with van der Waals surface area (Å²) in [6.07, 6.45) is 3.59. The van der Waals surface area contributed by atoms with Crippen LogP contribution < -0.4 is 0 Å². The Morgan fingerprint density at radius 3 is 2.89 bits per heavy atom. The molecule has 0 aliphatic heterocycles. The Labute approximate surface area is 59.8 Å². The van der Waals surface area contributed by atoms with Crippen molar-refractivity contribution in [3.05, 3.63) is 35.5 Å². The Bertz CT molecular complexity index is 193. The van der Waals surface area contributed by atoms with E-state index in [2.05, 4.69) is 17.6 Å². The monoisotopic (exact) mass is 137 g/mol. The summed E-state index contributed by atoms with van der Waals surface area (Å²) >= 11 is 3.91. The van der Waals surface area contributed by atoms with Crippen LogP contribution in [0.2, 0.25) is 0 Å². The molecule has 1 aromatic heterocycles. The molecule has 0 spiro atoms. The SMILES string of the molecule is SC=Cc1ccccn1. The molecule has 1 heterocycles. The first-order chi connectivity index (χ1) is 4.43. The van der Waals surface area contributed by atoms with Gasteiger partial charge >= 0.3 is 0 Å². The zero-order valence-corrected chi connectivity index (χ0v) is 5.75. The van der Waals surface area contributed by atoms with Crippen LogP contribution in [0.4, 0.5) is 0 Å². The van der Waals surface area contributed by atoms with Crippen LogP contribution in [-0.4, -0.2) is 4.98 Å². The second kappa shape index (κ2) is 3.30. The molecule has 0 amide bonds. The Hall–Kier alpha value is -0.760. The minimum Gasteiger partial charge on any atom is -0.257 e. The lowest BCUT2D eigenvalue weighted by atomic mass is 10.3. The molecule has 9 heavy (non-hydrogen) atoms. The van der Waals surface area contributed by atoms with Gasteiger partial charge in [0.05, 0.1) is 5.69 Å². The Kier molecular flexibility index (Phi) is 2.33. The molecule has 1 nitrogen and oxygen atoms in total. The zero-order chi connectivity index (χ0) is 6.53. The van der Waals surface area contributed by atoms with Crippen LogP contribution >= 0.6 is 12.6 Å². The average Bonchev–Trinajstić information content (AvgIpc) is 1.91. The fraction of sp³-hybridized carbons (Fsp3) is 0. The normalized spacial score (nSPS) is 10.3. The van der Waals surface area contributed by atoms with Gasteiger partial charge in [0.15, 0.2) is 0 Å². The summed E-state index contributed by atoms with van der Waals surface area (Å²) in [6.45, 7) is 0.